The Morgan fingerprint density at radius 3 is 2.73 bits per heavy atom. The molecular weight excluding hydrogens is 433 g/mol. The van der Waals surface area contributed by atoms with Gasteiger partial charge in [0.05, 0.1) is 12.8 Å². The minimum atomic E-state index is -4.44. The first-order chi connectivity index (χ1) is 15.7. The van der Waals surface area contributed by atoms with Crippen molar-refractivity contribution < 1.29 is 22.7 Å². The van der Waals surface area contributed by atoms with Gasteiger partial charge in [0.2, 0.25) is 5.91 Å². The fraction of sp³-hybridized carbons (Fsp3) is 0.458. The van der Waals surface area contributed by atoms with Gasteiger partial charge in [0.25, 0.3) is 0 Å². The number of hydrogen-bond acceptors (Lipinski definition) is 4. The van der Waals surface area contributed by atoms with Crippen LogP contribution in [0.15, 0.2) is 36.9 Å². The molecule has 0 radical (unpaired) electrons. The number of aromatic amines is 1. The number of pyridine rings is 2. The summed E-state index contributed by atoms with van der Waals surface area (Å²) in [5.41, 5.74) is 3.22. The molecule has 1 unspecified atom stereocenters. The summed E-state index contributed by atoms with van der Waals surface area (Å²) in [6.45, 7) is 3.01. The van der Waals surface area contributed by atoms with Crippen LogP contribution in [0.5, 0.6) is 5.75 Å². The Morgan fingerprint density at radius 1 is 1.24 bits per heavy atom. The van der Waals surface area contributed by atoms with Crippen LogP contribution >= 0.6 is 0 Å². The van der Waals surface area contributed by atoms with Crippen LogP contribution in [-0.4, -0.2) is 40.2 Å². The van der Waals surface area contributed by atoms with Crippen molar-refractivity contribution >= 4 is 16.9 Å². The van der Waals surface area contributed by atoms with Crippen molar-refractivity contribution in [2.75, 3.05) is 13.2 Å². The first-order valence-electron chi connectivity index (χ1n) is 11.1. The SMILES string of the molecule is CC(C)C(Cc1cncc(-c2c[nH]c3ncc(OCC4CC4)cc23)c1)C(=O)NCC(F)(F)F. The van der Waals surface area contributed by atoms with Crippen molar-refractivity contribution in [1.29, 1.82) is 0 Å². The number of fused-ring (bicyclic) bond motifs is 1. The zero-order chi connectivity index (χ0) is 23.6. The Hall–Kier alpha value is -3.10. The van der Waals surface area contributed by atoms with E-state index in [-0.39, 0.29) is 5.92 Å². The van der Waals surface area contributed by atoms with Crippen molar-refractivity contribution in [3.05, 3.63) is 42.5 Å². The standard InChI is InChI=1S/C24H27F3N4O2/c1-14(2)19(23(32)31-13-24(25,26)27)6-16-5-17(9-28-8-16)21-11-30-22-20(21)7-18(10-29-22)33-12-15-3-4-15/h5,7-11,14-15,19H,3-4,6,12-13H2,1-2H3,(H,29,30)(H,31,32). The molecule has 4 rings (SSSR count). The maximum Gasteiger partial charge on any atom is 0.405 e. The summed E-state index contributed by atoms with van der Waals surface area (Å²) in [7, 11) is 0. The van der Waals surface area contributed by atoms with E-state index >= 15 is 0 Å². The Labute approximate surface area is 190 Å². The average Bonchev–Trinajstić information content (AvgIpc) is 3.51. The summed E-state index contributed by atoms with van der Waals surface area (Å²) in [5.74, 6) is -0.00151. The minimum absolute atomic E-state index is 0.134. The van der Waals surface area contributed by atoms with Gasteiger partial charge in [-0.2, -0.15) is 13.2 Å². The fourth-order valence-electron chi connectivity index (χ4n) is 3.75. The van der Waals surface area contributed by atoms with E-state index in [0.717, 1.165) is 27.7 Å². The largest absolute Gasteiger partial charge is 0.492 e. The predicted octanol–water partition coefficient (Wildman–Crippen LogP) is 4.91. The third-order valence-electron chi connectivity index (χ3n) is 5.85. The minimum Gasteiger partial charge on any atom is -0.492 e. The van der Waals surface area contributed by atoms with E-state index in [9.17, 15) is 18.0 Å². The van der Waals surface area contributed by atoms with E-state index in [1.807, 2.05) is 37.5 Å². The van der Waals surface area contributed by atoms with Crippen molar-refractivity contribution in [2.45, 2.75) is 39.3 Å². The van der Waals surface area contributed by atoms with Crippen LogP contribution in [0.1, 0.15) is 32.3 Å². The van der Waals surface area contributed by atoms with Gasteiger partial charge in [-0.3, -0.25) is 9.78 Å². The molecule has 3 aromatic heterocycles. The highest BCUT2D eigenvalue weighted by atomic mass is 19.4. The lowest BCUT2D eigenvalue weighted by molar-refractivity contribution is -0.141. The highest BCUT2D eigenvalue weighted by molar-refractivity contribution is 5.94. The van der Waals surface area contributed by atoms with Gasteiger partial charge in [-0.1, -0.05) is 13.8 Å². The van der Waals surface area contributed by atoms with E-state index in [2.05, 4.69) is 15.0 Å². The van der Waals surface area contributed by atoms with Crippen molar-refractivity contribution in [2.24, 2.45) is 17.8 Å². The quantitative estimate of drug-likeness (QED) is 0.476. The van der Waals surface area contributed by atoms with E-state index < -0.39 is 24.5 Å². The number of H-pyrrole nitrogens is 1. The van der Waals surface area contributed by atoms with Gasteiger partial charge >= 0.3 is 6.18 Å². The Morgan fingerprint density at radius 2 is 2.03 bits per heavy atom. The van der Waals surface area contributed by atoms with Crippen LogP contribution < -0.4 is 10.1 Å². The van der Waals surface area contributed by atoms with Gasteiger partial charge < -0.3 is 15.0 Å². The van der Waals surface area contributed by atoms with Crippen LogP contribution in [0.4, 0.5) is 13.2 Å². The number of ether oxygens (including phenoxy) is 1. The molecule has 33 heavy (non-hydrogen) atoms. The van der Waals surface area contributed by atoms with Gasteiger partial charge in [-0.25, -0.2) is 4.98 Å². The molecule has 176 valence electrons. The molecule has 0 saturated heterocycles. The molecule has 1 amide bonds. The first kappa shape index (κ1) is 23.1. The molecule has 0 bridgehead atoms. The number of carbonyl (C=O) groups is 1. The van der Waals surface area contributed by atoms with Crippen molar-refractivity contribution in [3.8, 4) is 16.9 Å². The van der Waals surface area contributed by atoms with Gasteiger partial charge in [0.15, 0.2) is 0 Å². The summed E-state index contributed by atoms with van der Waals surface area (Å²) in [4.78, 5) is 24.3. The second-order valence-corrected chi connectivity index (χ2v) is 8.99. The fourth-order valence-corrected chi connectivity index (χ4v) is 3.75. The maximum absolute atomic E-state index is 12.5. The molecule has 1 atom stereocenters. The van der Waals surface area contributed by atoms with Crippen molar-refractivity contribution in [3.63, 3.8) is 0 Å². The Bertz CT molecular complexity index is 1120. The molecule has 1 fully saturated rings. The highest BCUT2D eigenvalue weighted by Gasteiger charge is 2.30. The number of aromatic nitrogens is 3. The summed E-state index contributed by atoms with van der Waals surface area (Å²) in [6.07, 6.45) is 5.17. The lowest BCUT2D eigenvalue weighted by atomic mass is 9.88. The smallest absolute Gasteiger partial charge is 0.405 e. The lowest BCUT2D eigenvalue weighted by Gasteiger charge is -2.21. The number of nitrogens with one attached hydrogen (secondary N) is 2. The normalized spacial score (nSPS) is 15.1. The van der Waals surface area contributed by atoms with E-state index in [1.165, 1.54) is 12.8 Å². The molecule has 3 aromatic rings. The van der Waals surface area contributed by atoms with Crippen LogP contribution in [0.2, 0.25) is 0 Å². The number of alkyl halides is 3. The summed E-state index contributed by atoms with van der Waals surface area (Å²) in [6, 6.07) is 3.87. The van der Waals surface area contributed by atoms with Crippen LogP contribution in [-0.2, 0) is 11.2 Å². The molecule has 1 saturated carbocycles. The highest BCUT2D eigenvalue weighted by Crippen LogP contribution is 2.33. The number of carbonyl (C=O) groups excluding carboxylic acids is 1. The second-order valence-electron chi connectivity index (χ2n) is 8.99. The van der Waals surface area contributed by atoms with Crippen LogP contribution in [0, 0.1) is 17.8 Å². The molecule has 1 aliphatic carbocycles. The summed E-state index contributed by atoms with van der Waals surface area (Å²) in [5, 5.41) is 2.90. The number of halogens is 3. The number of amides is 1. The zero-order valence-electron chi connectivity index (χ0n) is 18.6. The van der Waals surface area contributed by atoms with Gasteiger partial charge in [0, 0.05) is 41.0 Å². The molecule has 3 heterocycles. The van der Waals surface area contributed by atoms with E-state index in [0.29, 0.717) is 24.7 Å². The summed E-state index contributed by atoms with van der Waals surface area (Å²) >= 11 is 0. The van der Waals surface area contributed by atoms with Gasteiger partial charge in [-0.05, 0) is 48.8 Å². The number of rotatable bonds is 9. The molecule has 2 N–H and O–H groups in total. The van der Waals surface area contributed by atoms with Crippen LogP contribution in [0.3, 0.4) is 0 Å². The third kappa shape index (κ3) is 6.03. The Balaban J connectivity index is 1.53. The molecule has 0 aromatic carbocycles. The molecule has 0 spiro atoms. The second kappa shape index (κ2) is 9.41. The average molecular weight is 461 g/mol. The number of nitrogens with zero attached hydrogens (tertiary/aromatic N) is 2. The van der Waals surface area contributed by atoms with Gasteiger partial charge in [0.1, 0.15) is 17.9 Å². The lowest BCUT2D eigenvalue weighted by Crippen LogP contribution is -2.40. The molecule has 6 nitrogen and oxygen atoms in total. The monoisotopic (exact) mass is 460 g/mol. The van der Waals surface area contributed by atoms with Gasteiger partial charge in [-0.15, -0.1) is 0 Å². The third-order valence-corrected chi connectivity index (χ3v) is 5.85. The summed E-state index contributed by atoms with van der Waals surface area (Å²) < 4.78 is 43.4. The zero-order valence-corrected chi connectivity index (χ0v) is 18.6. The van der Waals surface area contributed by atoms with E-state index in [1.54, 1.807) is 18.6 Å². The van der Waals surface area contributed by atoms with Crippen LogP contribution in [0.25, 0.3) is 22.2 Å². The Kier molecular flexibility index (Phi) is 6.58. The predicted molar refractivity (Wildman–Crippen MR) is 119 cm³/mol. The topological polar surface area (TPSA) is 79.9 Å². The number of hydrogen-bond donors (Lipinski definition) is 2. The molecular formula is C24H27F3N4O2. The molecule has 1 aliphatic rings. The molecule has 9 heteroatoms. The van der Waals surface area contributed by atoms with Crippen molar-refractivity contribution in [1.82, 2.24) is 20.3 Å². The van der Waals surface area contributed by atoms with E-state index in [4.69, 9.17) is 4.74 Å². The molecule has 0 aliphatic heterocycles. The first-order valence-corrected chi connectivity index (χ1v) is 11.1. The maximum atomic E-state index is 12.5.